The Kier molecular flexibility index (Phi) is 3.77. The molecule has 0 N–H and O–H groups in total. The number of halogens is 3. The van der Waals surface area contributed by atoms with Crippen molar-refractivity contribution < 1.29 is 14.1 Å². The first-order valence-electron chi connectivity index (χ1n) is 4.77. The lowest BCUT2D eigenvalue weighted by molar-refractivity contribution is -0.384. The minimum Gasteiger partial charge on any atom is -0.435 e. The predicted octanol–water partition coefficient (Wildman–Crippen LogP) is 3.62. The third-order valence-corrected chi connectivity index (χ3v) is 2.49. The Morgan fingerprint density at radius 1 is 1.37 bits per heavy atom. The van der Waals surface area contributed by atoms with E-state index in [0.717, 1.165) is 12.3 Å². The molecule has 6 nitrogen and oxygen atoms in total. The highest BCUT2D eigenvalue weighted by atomic mass is 35.5. The van der Waals surface area contributed by atoms with Crippen LogP contribution in [-0.4, -0.2) is 14.9 Å². The van der Waals surface area contributed by atoms with E-state index in [4.69, 9.17) is 27.9 Å². The number of nitro groups is 1. The van der Waals surface area contributed by atoms with Gasteiger partial charge in [0, 0.05) is 12.1 Å². The fourth-order valence-corrected chi connectivity index (χ4v) is 1.53. The van der Waals surface area contributed by atoms with Crippen molar-refractivity contribution in [3.05, 3.63) is 50.6 Å². The number of rotatable bonds is 3. The predicted molar refractivity (Wildman–Crippen MR) is 65.2 cm³/mol. The molecule has 0 bridgehead atoms. The molecular formula is C10H4Cl2FN3O3. The summed E-state index contributed by atoms with van der Waals surface area (Å²) >= 11 is 11.3. The van der Waals surface area contributed by atoms with Gasteiger partial charge in [0.25, 0.3) is 11.6 Å². The maximum atomic E-state index is 13.3. The molecule has 0 atom stereocenters. The van der Waals surface area contributed by atoms with Gasteiger partial charge in [-0.05, 0) is 17.7 Å². The third kappa shape index (κ3) is 3.07. The van der Waals surface area contributed by atoms with Gasteiger partial charge < -0.3 is 4.74 Å². The minimum absolute atomic E-state index is 0.0148. The molecular weight excluding hydrogens is 300 g/mol. The molecule has 0 radical (unpaired) electrons. The number of aromatic nitrogens is 2. The monoisotopic (exact) mass is 303 g/mol. The molecule has 0 fully saturated rings. The molecule has 0 spiro atoms. The van der Waals surface area contributed by atoms with Crippen LogP contribution in [0.1, 0.15) is 0 Å². The van der Waals surface area contributed by atoms with Crippen LogP contribution in [0.3, 0.4) is 0 Å². The van der Waals surface area contributed by atoms with Gasteiger partial charge in [0.05, 0.1) is 16.1 Å². The van der Waals surface area contributed by atoms with Crippen molar-refractivity contribution in [2.24, 2.45) is 0 Å². The van der Waals surface area contributed by atoms with Gasteiger partial charge in [-0.15, -0.1) is 0 Å². The summed E-state index contributed by atoms with van der Waals surface area (Å²) in [6, 6.07) is 3.48. The van der Waals surface area contributed by atoms with Crippen LogP contribution in [-0.2, 0) is 0 Å². The number of benzene rings is 1. The molecule has 0 aliphatic rings. The molecule has 9 heteroatoms. The lowest BCUT2D eigenvalue weighted by atomic mass is 10.3. The van der Waals surface area contributed by atoms with Gasteiger partial charge in [-0.1, -0.05) is 11.6 Å². The Morgan fingerprint density at radius 3 is 2.74 bits per heavy atom. The molecule has 1 aromatic heterocycles. The molecule has 1 aromatic carbocycles. The summed E-state index contributed by atoms with van der Waals surface area (Å²) in [5, 5.41) is 10.3. The molecule has 2 rings (SSSR count). The van der Waals surface area contributed by atoms with Crippen LogP contribution in [0.5, 0.6) is 11.6 Å². The van der Waals surface area contributed by atoms with E-state index >= 15 is 0 Å². The van der Waals surface area contributed by atoms with E-state index in [0.29, 0.717) is 0 Å². The van der Waals surface area contributed by atoms with Crippen molar-refractivity contribution in [2.45, 2.75) is 0 Å². The molecule has 0 aliphatic carbocycles. The number of non-ortho nitro benzene ring substituents is 1. The Balaban J connectivity index is 2.33. The number of nitro benzene ring substituents is 1. The third-order valence-electron chi connectivity index (χ3n) is 2.02. The van der Waals surface area contributed by atoms with Crippen LogP contribution in [0, 0.1) is 15.9 Å². The summed E-state index contributed by atoms with van der Waals surface area (Å²) in [4.78, 5) is 16.9. The maximum absolute atomic E-state index is 13.3. The fraction of sp³-hybridized carbons (Fsp3) is 0. The van der Waals surface area contributed by atoms with Gasteiger partial charge in [0.2, 0.25) is 11.1 Å². The summed E-state index contributed by atoms with van der Waals surface area (Å²) in [6.45, 7) is 0. The van der Waals surface area contributed by atoms with Crippen LogP contribution in [0.4, 0.5) is 10.1 Å². The van der Waals surface area contributed by atoms with E-state index < -0.39 is 16.6 Å². The summed E-state index contributed by atoms with van der Waals surface area (Å²) in [5.41, 5.74) is -0.210. The van der Waals surface area contributed by atoms with E-state index in [9.17, 15) is 14.5 Å². The lowest BCUT2D eigenvalue weighted by Crippen LogP contribution is -1.95. The average molecular weight is 304 g/mol. The van der Waals surface area contributed by atoms with Crippen LogP contribution >= 0.6 is 23.2 Å². The van der Waals surface area contributed by atoms with Crippen molar-refractivity contribution in [2.75, 3.05) is 0 Å². The normalized spacial score (nSPS) is 10.3. The van der Waals surface area contributed by atoms with Gasteiger partial charge in [-0.3, -0.25) is 10.1 Å². The van der Waals surface area contributed by atoms with Crippen LogP contribution in [0.2, 0.25) is 10.3 Å². The van der Waals surface area contributed by atoms with Crippen LogP contribution in [0.15, 0.2) is 24.4 Å². The van der Waals surface area contributed by atoms with Crippen LogP contribution < -0.4 is 4.74 Å². The Hall–Kier alpha value is -1.99. The van der Waals surface area contributed by atoms with E-state index in [-0.39, 0.29) is 21.7 Å². The molecule has 0 saturated carbocycles. The largest absolute Gasteiger partial charge is 0.435 e. The first-order valence-corrected chi connectivity index (χ1v) is 5.53. The molecule has 1 heterocycles. The van der Waals surface area contributed by atoms with Gasteiger partial charge in [0.1, 0.15) is 5.75 Å². The first-order chi connectivity index (χ1) is 8.97. The zero-order chi connectivity index (χ0) is 14.0. The summed E-state index contributed by atoms with van der Waals surface area (Å²) in [6.07, 6.45) is 0.837. The van der Waals surface area contributed by atoms with Crippen molar-refractivity contribution in [1.82, 2.24) is 9.97 Å². The highest BCUT2D eigenvalue weighted by molar-refractivity contribution is 6.32. The summed E-state index contributed by atoms with van der Waals surface area (Å²) in [5.74, 6) is -1.24. The Morgan fingerprint density at radius 2 is 2.11 bits per heavy atom. The lowest BCUT2D eigenvalue weighted by Gasteiger charge is -2.06. The maximum Gasteiger partial charge on any atom is 0.271 e. The average Bonchev–Trinajstić information content (AvgIpc) is 2.36. The van der Waals surface area contributed by atoms with Crippen molar-refractivity contribution >= 4 is 28.9 Å². The number of hydrogen-bond acceptors (Lipinski definition) is 5. The molecule has 2 aromatic rings. The quantitative estimate of drug-likeness (QED) is 0.491. The molecule has 0 unspecified atom stereocenters. The molecule has 0 aliphatic heterocycles. The second-order valence-electron chi connectivity index (χ2n) is 3.27. The Labute approximate surface area is 115 Å². The smallest absolute Gasteiger partial charge is 0.271 e. The highest BCUT2D eigenvalue weighted by Crippen LogP contribution is 2.32. The second-order valence-corrected chi connectivity index (χ2v) is 4.01. The number of ether oxygens (including phenoxy) is 1. The highest BCUT2D eigenvalue weighted by Gasteiger charge is 2.14. The zero-order valence-corrected chi connectivity index (χ0v) is 10.5. The molecule has 98 valence electrons. The minimum atomic E-state index is -0.834. The zero-order valence-electron chi connectivity index (χ0n) is 9.01. The van der Waals surface area contributed by atoms with E-state index in [2.05, 4.69) is 9.97 Å². The SMILES string of the molecule is O=[N+]([O-])c1ccc(Oc2nc(Cl)ncc2F)c(Cl)c1. The van der Waals surface area contributed by atoms with Crippen molar-refractivity contribution in [1.29, 1.82) is 0 Å². The van der Waals surface area contributed by atoms with E-state index in [1.54, 1.807) is 0 Å². The van der Waals surface area contributed by atoms with Gasteiger partial charge >= 0.3 is 0 Å². The number of nitrogens with zero attached hydrogens (tertiary/aromatic N) is 3. The number of hydrogen-bond donors (Lipinski definition) is 0. The molecule has 0 amide bonds. The second kappa shape index (κ2) is 5.33. The van der Waals surface area contributed by atoms with Gasteiger partial charge in [-0.25, -0.2) is 4.98 Å². The first kappa shape index (κ1) is 13.4. The topological polar surface area (TPSA) is 78.2 Å². The molecule has 0 saturated heterocycles. The Bertz CT molecular complexity index is 654. The summed E-state index contributed by atoms with van der Waals surface area (Å²) in [7, 11) is 0. The van der Waals surface area contributed by atoms with Crippen LogP contribution in [0.25, 0.3) is 0 Å². The summed E-state index contributed by atoms with van der Waals surface area (Å²) < 4.78 is 18.4. The van der Waals surface area contributed by atoms with E-state index in [1.165, 1.54) is 12.1 Å². The fourth-order valence-electron chi connectivity index (χ4n) is 1.19. The van der Waals surface area contributed by atoms with E-state index in [1.807, 2.05) is 0 Å². The van der Waals surface area contributed by atoms with Crippen molar-refractivity contribution in [3.63, 3.8) is 0 Å². The van der Waals surface area contributed by atoms with Gasteiger partial charge in [0.15, 0.2) is 0 Å². The molecule has 19 heavy (non-hydrogen) atoms. The van der Waals surface area contributed by atoms with Crippen molar-refractivity contribution in [3.8, 4) is 11.6 Å². The standard InChI is InChI=1S/C10H4Cl2FN3O3/c11-6-3-5(16(17)18)1-2-8(6)19-9-7(13)4-14-10(12)15-9/h1-4H. The van der Waals surface area contributed by atoms with Gasteiger partial charge in [-0.2, -0.15) is 9.37 Å².